The molecule has 0 spiro atoms. The number of rotatable bonds is 5. The molecule has 1 saturated heterocycles. The summed E-state index contributed by atoms with van der Waals surface area (Å²) < 4.78 is 14.1. The molecule has 0 saturated carbocycles. The number of thiophene rings is 1. The molecule has 2 heterocycles. The first-order valence-electron chi connectivity index (χ1n) is 9.85. The van der Waals surface area contributed by atoms with Gasteiger partial charge in [0.1, 0.15) is 5.82 Å². The van der Waals surface area contributed by atoms with Crippen molar-refractivity contribution in [1.29, 1.82) is 0 Å². The zero-order valence-electron chi connectivity index (χ0n) is 17.2. The van der Waals surface area contributed by atoms with Crippen molar-refractivity contribution < 1.29 is 14.7 Å². The van der Waals surface area contributed by atoms with E-state index in [-0.39, 0.29) is 17.2 Å². The van der Waals surface area contributed by atoms with Gasteiger partial charge in [0.2, 0.25) is 0 Å². The van der Waals surface area contributed by atoms with Crippen LogP contribution in [0.5, 0.6) is 0 Å². The van der Waals surface area contributed by atoms with Gasteiger partial charge >= 0.3 is 0 Å². The Morgan fingerprint density at radius 1 is 1.06 bits per heavy atom. The molecule has 31 heavy (non-hydrogen) atoms. The Hall–Kier alpha value is -2.45. The molecular weight excluding hydrogens is 437 g/mol. The van der Waals surface area contributed by atoms with Crippen LogP contribution in [0.25, 0.3) is 10.4 Å². The molecule has 3 aromatic rings. The number of hydrogen-bond acceptors (Lipinski definition) is 4. The van der Waals surface area contributed by atoms with Crippen molar-refractivity contribution in [2.75, 3.05) is 38.1 Å². The van der Waals surface area contributed by atoms with Crippen LogP contribution in [0.4, 0.5) is 10.1 Å². The minimum Gasteiger partial charge on any atom is -0.412 e. The largest absolute Gasteiger partial charge is 0.412 e. The highest BCUT2D eigenvalue weighted by Gasteiger charge is 2.20. The second-order valence-electron chi connectivity index (χ2n) is 7.42. The SMILES string of the molecule is CN1CCN(c2ccc(F)cc2-c2ccc(C(=O)NCc3ccc(Cl)cc3)s2)CC1.O. The maximum Gasteiger partial charge on any atom is 0.261 e. The van der Waals surface area contributed by atoms with E-state index in [0.717, 1.165) is 47.9 Å². The minimum absolute atomic E-state index is 0. The first-order chi connectivity index (χ1) is 14.5. The van der Waals surface area contributed by atoms with E-state index in [1.54, 1.807) is 24.3 Å². The number of hydrogen-bond donors (Lipinski definition) is 1. The van der Waals surface area contributed by atoms with E-state index in [0.29, 0.717) is 16.4 Å². The summed E-state index contributed by atoms with van der Waals surface area (Å²) in [5, 5.41) is 3.60. The normalized spacial score (nSPS) is 14.2. The molecule has 1 aliphatic heterocycles. The van der Waals surface area contributed by atoms with E-state index in [4.69, 9.17) is 11.6 Å². The summed E-state index contributed by atoms with van der Waals surface area (Å²) >= 11 is 7.28. The van der Waals surface area contributed by atoms with Gasteiger partial charge in [0.15, 0.2) is 0 Å². The van der Waals surface area contributed by atoms with Crippen molar-refractivity contribution in [3.8, 4) is 10.4 Å². The molecule has 4 rings (SSSR count). The third-order valence-electron chi connectivity index (χ3n) is 5.26. The lowest BCUT2D eigenvalue weighted by molar-refractivity contribution is 0.0955. The average Bonchev–Trinajstić information content (AvgIpc) is 3.24. The Morgan fingerprint density at radius 3 is 2.48 bits per heavy atom. The second-order valence-corrected chi connectivity index (χ2v) is 8.95. The molecule has 0 radical (unpaired) electrons. The van der Waals surface area contributed by atoms with Crippen molar-refractivity contribution in [3.63, 3.8) is 0 Å². The molecule has 0 unspecified atom stereocenters. The number of nitrogens with zero attached hydrogens (tertiary/aromatic N) is 2. The summed E-state index contributed by atoms with van der Waals surface area (Å²) in [6, 6.07) is 16.0. The van der Waals surface area contributed by atoms with Crippen LogP contribution >= 0.6 is 22.9 Å². The van der Waals surface area contributed by atoms with Gasteiger partial charge in [-0.2, -0.15) is 0 Å². The van der Waals surface area contributed by atoms with Gasteiger partial charge in [-0.3, -0.25) is 4.79 Å². The van der Waals surface area contributed by atoms with E-state index in [1.165, 1.54) is 17.4 Å². The highest BCUT2D eigenvalue weighted by atomic mass is 35.5. The molecule has 2 aromatic carbocycles. The summed E-state index contributed by atoms with van der Waals surface area (Å²) in [6.07, 6.45) is 0. The van der Waals surface area contributed by atoms with Crippen LogP contribution in [0.2, 0.25) is 5.02 Å². The highest BCUT2D eigenvalue weighted by Crippen LogP contribution is 2.36. The zero-order chi connectivity index (χ0) is 21.1. The fraction of sp³-hybridized carbons (Fsp3) is 0.261. The number of piperazine rings is 1. The van der Waals surface area contributed by atoms with Gasteiger partial charge in [-0.1, -0.05) is 23.7 Å². The lowest BCUT2D eigenvalue weighted by atomic mass is 10.1. The van der Waals surface area contributed by atoms with Gasteiger partial charge in [0.05, 0.1) is 4.88 Å². The summed E-state index contributed by atoms with van der Waals surface area (Å²) in [5.74, 6) is -0.413. The van der Waals surface area contributed by atoms with E-state index >= 15 is 0 Å². The standard InChI is InChI=1S/C23H23ClFN3OS.H2O/c1-27-10-12-28(13-11-27)20-7-6-18(25)14-19(20)21-8-9-22(30-21)23(29)26-15-16-2-4-17(24)5-3-16;/h2-9,14H,10-13,15H2,1H3,(H,26,29);1H2. The molecule has 1 aromatic heterocycles. The number of likely N-dealkylation sites (N-methyl/N-ethyl adjacent to an activating group) is 1. The molecular formula is C23H25ClFN3O2S. The molecule has 0 aliphatic carbocycles. The quantitative estimate of drug-likeness (QED) is 0.623. The number of amides is 1. The van der Waals surface area contributed by atoms with Crippen molar-refractivity contribution in [2.24, 2.45) is 0 Å². The van der Waals surface area contributed by atoms with Crippen molar-refractivity contribution in [1.82, 2.24) is 10.2 Å². The van der Waals surface area contributed by atoms with Gasteiger partial charge in [-0.25, -0.2) is 4.39 Å². The van der Waals surface area contributed by atoms with Gasteiger partial charge in [0, 0.05) is 53.9 Å². The van der Waals surface area contributed by atoms with E-state index < -0.39 is 0 Å². The predicted molar refractivity (Wildman–Crippen MR) is 126 cm³/mol. The summed E-state index contributed by atoms with van der Waals surface area (Å²) in [5.41, 5.74) is 2.83. The monoisotopic (exact) mass is 461 g/mol. The molecule has 1 aliphatic rings. The number of carbonyl (C=O) groups excluding carboxylic acids is 1. The van der Waals surface area contributed by atoms with Crippen LogP contribution in [0.3, 0.4) is 0 Å². The van der Waals surface area contributed by atoms with Crippen LogP contribution in [0.15, 0.2) is 54.6 Å². The maximum absolute atomic E-state index is 14.1. The zero-order valence-corrected chi connectivity index (χ0v) is 18.8. The molecule has 3 N–H and O–H groups in total. The van der Waals surface area contributed by atoms with E-state index in [2.05, 4.69) is 22.2 Å². The van der Waals surface area contributed by atoms with Crippen LogP contribution < -0.4 is 10.2 Å². The number of nitrogens with one attached hydrogen (secondary N) is 1. The summed E-state index contributed by atoms with van der Waals surface area (Å²) in [7, 11) is 2.11. The molecule has 1 amide bonds. The molecule has 1 fully saturated rings. The average molecular weight is 462 g/mol. The Kier molecular flexibility index (Phi) is 7.67. The van der Waals surface area contributed by atoms with Gasteiger partial charge in [-0.05, 0) is 55.1 Å². The topological polar surface area (TPSA) is 67.1 Å². The van der Waals surface area contributed by atoms with Crippen molar-refractivity contribution in [3.05, 3.63) is 75.9 Å². The number of anilines is 1. The Labute approximate surface area is 190 Å². The molecule has 164 valence electrons. The molecule has 5 nitrogen and oxygen atoms in total. The fourth-order valence-electron chi connectivity index (χ4n) is 3.51. The number of carbonyl (C=O) groups is 1. The highest BCUT2D eigenvalue weighted by molar-refractivity contribution is 7.17. The Bertz CT molecular complexity index is 1030. The first-order valence-corrected chi connectivity index (χ1v) is 11.0. The van der Waals surface area contributed by atoms with Crippen LogP contribution in [0.1, 0.15) is 15.2 Å². The number of halogens is 2. The van der Waals surface area contributed by atoms with E-state index in [9.17, 15) is 9.18 Å². The molecule has 0 atom stereocenters. The third kappa shape index (κ3) is 5.62. The van der Waals surface area contributed by atoms with E-state index in [1.807, 2.05) is 24.3 Å². The van der Waals surface area contributed by atoms with Crippen LogP contribution in [0, 0.1) is 5.82 Å². The lowest BCUT2D eigenvalue weighted by Gasteiger charge is -2.35. The van der Waals surface area contributed by atoms with Crippen molar-refractivity contribution >= 4 is 34.5 Å². The Balaban J connectivity index is 0.00000272. The third-order valence-corrected chi connectivity index (χ3v) is 6.63. The smallest absolute Gasteiger partial charge is 0.261 e. The van der Waals surface area contributed by atoms with Gasteiger partial charge in [-0.15, -0.1) is 11.3 Å². The van der Waals surface area contributed by atoms with Crippen molar-refractivity contribution in [2.45, 2.75) is 6.54 Å². The maximum atomic E-state index is 14.1. The van der Waals surface area contributed by atoms with Crippen LogP contribution in [-0.4, -0.2) is 49.5 Å². The molecule has 0 bridgehead atoms. The minimum atomic E-state index is -0.273. The molecule has 8 heteroatoms. The summed E-state index contributed by atoms with van der Waals surface area (Å²) in [6.45, 7) is 4.17. The second kappa shape index (κ2) is 10.2. The first kappa shape index (κ1) is 23.2. The summed E-state index contributed by atoms with van der Waals surface area (Å²) in [4.78, 5) is 18.7. The van der Waals surface area contributed by atoms with Gasteiger partial charge in [0.25, 0.3) is 5.91 Å². The van der Waals surface area contributed by atoms with Crippen LogP contribution in [-0.2, 0) is 6.54 Å². The predicted octanol–water partition coefficient (Wildman–Crippen LogP) is 4.06. The number of benzene rings is 2. The van der Waals surface area contributed by atoms with Gasteiger partial charge < -0.3 is 20.6 Å². The Morgan fingerprint density at radius 2 is 1.77 bits per heavy atom. The fourth-order valence-corrected chi connectivity index (χ4v) is 4.58. The lowest BCUT2D eigenvalue weighted by Crippen LogP contribution is -2.44.